The highest BCUT2D eigenvalue weighted by molar-refractivity contribution is 7.80. The molecular formula is C32H33N3O4S. The Hall–Kier alpha value is -4.17. The minimum absolute atomic E-state index is 0.00478. The van der Waals surface area contributed by atoms with Gasteiger partial charge in [0, 0.05) is 31.1 Å². The average Bonchev–Trinajstić information content (AvgIpc) is 2.95. The first kappa shape index (κ1) is 27.4. The largest absolute Gasteiger partial charge is 0.493 e. The Morgan fingerprint density at radius 2 is 1.27 bits per heavy atom. The topological polar surface area (TPSA) is 62.3 Å². The van der Waals surface area contributed by atoms with E-state index in [0.717, 1.165) is 17.1 Å². The summed E-state index contributed by atoms with van der Waals surface area (Å²) in [6.07, 6.45) is 1.57. The molecule has 2 amide bonds. The zero-order chi connectivity index (χ0) is 28.8. The number of nitrogens with zero attached hydrogens (tertiary/aromatic N) is 3. The number of hydrogen-bond donors (Lipinski definition) is 0. The summed E-state index contributed by atoms with van der Waals surface area (Å²) in [5.74, 6) is 0.222. The zero-order valence-corrected chi connectivity index (χ0v) is 24.5. The predicted octanol–water partition coefficient (Wildman–Crippen LogP) is 6.19. The summed E-state index contributed by atoms with van der Waals surface area (Å²) in [7, 11) is 3.12. The van der Waals surface area contributed by atoms with E-state index < -0.39 is 11.8 Å². The molecule has 7 nitrogen and oxygen atoms in total. The van der Waals surface area contributed by atoms with Crippen molar-refractivity contribution in [3.63, 3.8) is 0 Å². The van der Waals surface area contributed by atoms with E-state index >= 15 is 0 Å². The van der Waals surface area contributed by atoms with Crippen LogP contribution in [0.4, 0.5) is 17.1 Å². The molecule has 206 valence electrons. The lowest BCUT2D eigenvalue weighted by Crippen LogP contribution is -2.52. The molecule has 0 saturated carbocycles. The lowest BCUT2D eigenvalue weighted by atomic mass is 9.73. The number of carbonyl (C=O) groups excluding carboxylic acids is 2. The Balaban J connectivity index is 1.75. The van der Waals surface area contributed by atoms with Crippen LogP contribution < -0.4 is 14.4 Å². The van der Waals surface area contributed by atoms with Crippen molar-refractivity contribution in [2.45, 2.75) is 33.1 Å². The number of amides is 2. The Labute approximate surface area is 240 Å². The fourth-order valence-corrected chi connectivity index (χ4v) is 5.63. The van der Waals surface area contributed by atoms with Crippen LogP contribution in [-0.4, -0.2) is 54.0 Å². The lowest BCUT2D eigenvalue weighted by Gasteiger charge is -2.42. The number of likely N-dealkylation sites (N-methyl/N-ethyl adjacent to an activating group) is 2. The van der Waals surface area contributed by atoms with Crippen molar-refractivity contribution in [3.8, 4) is 11.5 Å². The molecule has 0 atom stereocenters. The summed E-state index contributed by atoms with van der Waals surface area (Å²) in [4.78, 5) is 30.9. The summed E-state index contributed by atoms with van der Waals surface area (Å²) in [5.41, 5.74) is 5.67. The fourth-order valence-electron chi connectivity index (χ4n) is 5.46. The molecule has 0 aliphatic carbocycles. The molecule has 1 saturated heterocycles. The van der Waals surface area contributed by atoms with Crippen LogP contribution in [0.1, 0.15) is 44.4 Å². The molecular weight excluding hydrogens is 522 g/mol. The van der Waals surface area contributed by atoms with Crippen molar-refractivity contribution in [2.24, 2.45) is 0 Å². The van der Waals surface area contributed by atoms with Gasteiger partial charge in [0.25, 0.3) is 11.8 Å². The molecule has 3 aromatic rings. The molecule has 0 aromatic heterocycles. The molecule has 0 unspecified atom stereocenters. The SMILES string of the molecule is CCOc1cc(N2c3ccccc3C(C)(C)c3ccccc32)c(OCC)cc1C=C1C(=O)N(C)C(=S)N(C)C1=O. The van der Waals surface area contributed by atoms with Crippen molar-refractivity contribution in [1.82, 2.24) is 9.80 Å². The average molecular weight is 556 g/mol. The minimum Gasteiger partial charge on any atom is -0.493 e. The maximum absolute atomic E-state index is 13.1. The molecule has 40 heavy (non-hydrogen) atoms. The third-order valence-corrected chi connectivity index (χ3v) is 8.06. The maximum atomic E-state index is 13.1. The smallest absolute Gasteiger partial charge is 0.265 e. The van der Waals surface area contributed by atoms with E-state index in [4.69, 9.17) is 21.7 Å². The fraction of sp³-hybridized carbons (Fsp3) is 0.281. The summed E-state index contributed by atoms with van der Waals surface area (Å²) in [6.45, 7) is 9.14. The minimum atomic E-state index is -0.460. The van der Waals surface area contributed by atoms with Crippen LogP contribution in [0.15, 0.2) is 66.2 Å². The van der Waals surface area contributed by atoms with E-state index in [1.165, 1.54) is 20.9 Å². The van der Waals surface area contributed by atoms with Gasteiger partial charge >= 0.3 is 0 Å². The molecule has 2 aliphatic rings. The Bertz CT molecular complexity index is 1490. The first-order valence-corrected chi connectivity index (χ1v) is 13.8. The molecule has 5 rings (SSSR count). The van der Waals surface area contributed by atoms with Gasteiger partial charge in [0.05, 0.1) is 30.3 Å². The number of fused-ring (bicyclic) bond motifs is 2. The van der Waals surface area contributed by atoms with E-state index in [1.807, 2.05) is 38.1 Å². The maximum Gasteiger partial charge on any atom is 0.265 e. The lowest BCUT2D eigenvalue weighted by molar-refractivity contribution is -0.132. The van der Waals surface area contributed by atoms with Gasteiger partial charge in [-0.1, -0.05) is 50.2 Å². The van der Waals surface area contributed by atoms with Gasteiger partial charge in [-0.3, -0.25) is 19.4 Å². The van der Waals surface area contributed by atoms with Crippen LogP contribution in [0.2, 0.25) is 0 Å². The number of carbonyl (C=O) groups is 2. The van der Waals surface area contributed by atoms with Crippen molar-refractivity contribution in [2.75, 3.05) is 32.2 Å². The van der Waals surface area contributed by atoms with Gasteiger partial charge in [-0.2, -0.15) is 0 Å². The van der Waals surface area contributed by atoms with Crippen molar-refractivity contribution in [3.05, 3.63) is 82.9 Å². The van der Waals surface area contributed by atoms with Gasteiger partial charge in [-0.25, -0.2) is 0 Å². The van der Waals surface area contributed by atoms with Gasteiger partial charge in [0.1, 0.15) is 17.1 Å². The molecule has 0 N–H and O–H groups in total. The van der Waals surface area contributed by atoms with Crippen LogP contribution in [0, 0.1) is 0 Å². The van der Waals surface area contributed by atoms with Gasteiger partial charge in [0.2, 0.25) is 0 Å². The first-order valence-electron chi connectivity index (χ1n) is 13.4. The second-order valence-corrected chi connectivity index (χ2v) is 10.7. The van der Waals surface area contributed by atoms with Gasteiger partial charge in [-0.05, 0) is 61.5 Å². The van der Waals surface area contributed by atoms with Crippen LogP contribution in [0.3, 0.4) is 0 Å². The number of thiocarbonyl (C=S) groups is 1. The molecule has 8 heteroatoms. The monoisotopic (exact) mass is 555 g/mol. The van der Waals surface area contributed by atoms with E-state index in [2.05, 4.69) is 55.1 Å². The van der Waals surface area contributed by atoms with E-state index in [-0.39, 0.29) is 16.1 Å². The van der Waals surface area contributed by atoms with Gasteiger partial charge in [-0.15, -0.1) is 0 Å². The Morgan fingerprint density at radius 3 is 1.80 bits per heavy atom. The summed E-state index contributed by atoms with van der Waals surface area (Å²) < 4.78 is 12.3. The third kappa shape index (κ3) is 4.32. The number of ether oxygens (including phenoxy) is 2. The standard InChI is InChI=1S/C32H33N3O4S/c1-7-38-27-19-26(35-24-15-11-9-13-22(24)32(3,4)23-14-10-12-16-25(23)35)28(39-8-2)18-20(27)17-21-29(36)33(5)31(40)34(6)30(21)37/h9-19H,7-8H2,1-6H3. The highest BCUT2D eigenvalue weighted by Gasteiger charge is 2.38. The van der Waals surface area contributed by atoms with Crippen molar-refractivity contribution < 1.29 is 19.1 Å². The Kier molecular flexibility index (Phi) is 7.14. The van der Waals surface area contributed by atoms with Crippen molar-refractivity contribution in [1.29, 1.82) is 0 Å². The molecule has 0 bridgehead atoms. The normalized spacial score (nSPS) is 16.1. The van der Waals surface area contributed by atoms with Crippen LogP contribution in [-0.2, 0) is 15.0 Å². The van der Waals surface area contributed by atoms with E-state index in [0.29, 0.717) is 30.3 Å². The summed E-state index contributed by atoms with van der Waals surface area (Å²) >= 11 is 5.25. The molecule has 0 spiro atoms. The highest BCUT2D eigenvalue weighted by Crippen LogP contribution is 2.54. The summed E-state index contributed by atoms with van der Waals surface area (Å²) in [5, 5.41) is 0.160. The van der Waals surface area contributed by atoms with Gasteiger partial charge in [0.15, 0.2) is 5.11 Å². The van der Waals surface area contributed by atoms with Crippen LogP contribution in [0.5, 0.6) is 11.5 Å². The van der Waals surface area contributed by atoms with Gasteiger partial charge < -0.3 is 14.4 Å². The number of hydrogen-bond acceptors (Lipinski definition) is 6. The number of benzene rings is 3. The van der Waals surface area contributed by atoms with Crippen LogP contribution >= 0.6 is 12.2 Å². The molecule has 3 aromatic carbocycles. The molecule has 0 radical (unpaired) electrons. The second kappa shape index (κ2) is 10.4. The summed E-state index contributed by atoms with van der Waals surface area (Å²) in [6, 6.07) is 20.5. The highest BCUT2D eigenvalue weighted by atomic mass is 32.1. The van der Waals surface area contributed by atoms with Crippen molar-refractivity contribution >= 4 is 52.3 Å². The molecule has 1 fully saturated rings. The number of anilines is 3. The second-order valence-electron chi connectivity index (χ2n) is 10.3. The quantitative estimate of drug-likeness (QED) is 0.205. The number of rotatable bonds is 6. The number of para-hydroxylation sites is 2. The zero-order valence-electron chi connectivity index (χ0n) is 23.6. The first-order chi connectivity index (χ1) is 19.1. The Morgan fingerprint density at radius 1 is 0.775 bits per heavy atom. The molecule has 2 aliphatic heterocycles. The third-order valence-electron chi connectivity index (χ3n) is 7.51. The molecule has 2 heterocycles. The van der Waals surface area contributed by atoms with E-state index in [1.54, 1.807) is 20.2 Å². The van der Waals surface area contributed by atoms with E-state index in [9.17, 15) is 9.59 Å². The predicted molar refractivity (Wildman–Crippen MR) is 162 cm³/mol. The van der Waals surface area contributed by atoms with Crippen LogP contribution in [0.25, 0.3) is 6.08 Å².